The Hall–Kier alpha value is -1.70. The summed E-state index contributed by atoms with van der Waals surface area (Å²) in [4.78, 5) is 14.8. The fourth-order valence-electron chi connectivity index (χ4n) is 4.19. The van der Waals surface area contributed by atoms with Gasteiger partial charge in [-0.15, -0.1) is 11.3 Å². The Morgan fingerprint density at radius 1 is 1.37 bits per heavy atom. The molecule has 2 aromatic rings. The van der Waals surface area contributed by atoms with E-state index >= 15 is 0 Å². The molecule has 146 valence electrons. The van der Waals surface area contributed by atoms with E-state index in [0.29, 0.717) is 6.54 Å². The summed E-state index contributed by atoms with van der Waals surface area (Å²) >= 11 is 1.64. The van der Waals surface area contributed by atoms with Gasteiger partial charge in [-0.1, -0.05) is 0 Å². The van der Waals surface area contributed by atoms with E-state index in [1.165, 1.54) is 10.4 Å². The van der Waals surface area contributed by atoms with E-state index in [1.54, 1.807) is 11.3 Å². The van der Waals surface area contributed by atoms with E-state index in [4.69, 9.17) is 4.74 Å². The number of aryl methyl sites for hydroxylation is 3. The third-order valence-corrected chi connectivity index (χ3v) is 6.77. The molecule has 0 saturated carbocycles. The fraction of sp³-hybridized carbons (Fsp3) is 0.600. The van der Waals surface area contributed by atoms with Crippen LogP contribution in [0.5, 0.6) is 0 Å². The number of nitrogens with one attached hydrogen (secondary N) is 2. The number of hydrogen-bond acceptors (Lipinski definition) is 5. The quantitative estimate of drug-likeness (QED) is 0.773. The van der Waals surface area contributed by atoms with Crippen LogP contribution < -0.4 is 10.6 Å². The van der Waals surface area contributed by atoms with Crippen molar-refractivity contribution in [1.29, 1.82) is 0 Å². The third kappa shape index (κ3) is 3.81. The molecule has 0 aliphatic carbocycles. The van der Waals surface area contributed by atoms with E-state index in [9.17, 15) is 4.79 Å². The van der Waals surface area contributed by atoms with Gasteiger partial charge in [0.2, 0.25) is 0 Å². The monoisotopic (exact) mass is 388 g/mol. The molecule has 4 heterocycles. The molecule has 0 radical (unpaired) electrons. The Kier molecular flexibility index (Phi) is 5.34. The molecule has 0 aromatic carbocycles. The molecule has 0 atom stereocenters. The minimum atomic E-state index is -0.177. The van der Waals surface area contributed by atoms with Crippen molar-refractivity contribution in [2.45, 2.75) is 51.7 Å². The van der Waals surface area contributed by atoms with Crippen LogP contribution in [0, 0.1) is 13.8 Å². The highest BCUT2D eigenvalue weighted by molar-refractivity contribution is 7.14. The number of amides is 1. The van der Waals surface area contributed by atoms with Crippen molar-refractivity contribution in [1.82, 2.24) is 20.4 Å². The van der Waals surface area contributed by atoms with Crippen LogP contribution in [0.2, 0.25) is 0 Å². The molecule has 1 saturated heterocycles. The second-order valence-electron chi connectivity index (χ2n) is 7.55. The predicted octanol–water partition coefficient (Wildman–Crippen LogP) is 2.53. The maximum atomic E-state index is 12.6. The van der Waals surface area contributed by atoms with Gasteiger partial charge in [0.05, 0.1) is 22.8 Å². The zero-order valence-electron chi connectivity index (χ0n) is 16.1. The zero-order valence-corrected chi connectivity index (χ0v) is 17.0. The Bertz CT molecular complexity index is 820. The Balaban J connectivity index is 1.36. The molecule has 1 amide bonds. The number of hydrogen-bond donors (Lipinski definition) is 2. The number of aromatic nitrogens is 2. The molecule has 4 rings (SSSR count). The number of rotatable bonds is 5. The number of nitrogens with zero attached hydrogens (tertiary/aromatic N) is 2. The van der Waals surface area contributed by atoms with Gasteiger partial charge in [0, 0.05) is 30.1 Å². The van der Waals surface area contributed by atoms with Gasteiger partial charge in [0.25, 0.3) is 5.91 Å². The molecule has 2 aliphatic rings. The lowest BCUT2D eigenvalue weighted by Crippen LogP contribution is -2.44. The molecule has 1 fully saturated rings. The lowest BCUT2D eigenvalue weighted by atomic mass is 9.83. The highest BCUT2D eigenvalue weighted by atomic mass is 32.1. The Labute approximate surface area is 164 Å². The van der Waals surface area contributed by atoms with Gasteiger partial charge in [-0.05, 0) is 63.9 Å². The lowest BCUT2D eigenvalue weighted by Gasteiger charge is -2.40. The van der Waals surface area contributed by atoms with Gasteiger partial charge in [-0.3, -0.25) is 9.48 Å². The summed E-state index contributed by atoms with van der Waals surface area (Å²) in [5, 5.41) is 10.9. The van der Waals surface area contributed by atoms with Crippen LogP contribution in [0.3, 0.4) is 0 Å². The molecule has 27 heavy (non-hydrogen) atoms. The molecule has 0 unspecified atom stereocenters. The van der Waals surface area contributed by atoms with Crippen LogP contribution >= 0.6 is 11.3 Å². The maximum Gasteiger partial charge on any atom is 0.261 e. The van der Waals surface area contributed by atoms with Gasteiger partial charge >= 0.3 is 0 Å². The number of piperidine rings is 1. The maximum absolute atomic E-state index is 12.6. The summed E-state index contributed by atoms with van der Waals surface area (Å²) in [5.41, 5.74) is 3.28. The molecular formula is C20H28N4O2S. The number of fused-ring (bicyclic) bond motifs is 2. The van der Waals surface area contributed by atoms with E-state index < -0.39 is 0 Å². The SMILES string of the molecule is Cc1cc(C)n(CCCNC(=O)c2cc3c(s2)CCOC32CCNCC2)n1. The summed E-state index contributed by atoms with van der Waals surface area (Å²) in [6.07, 6.45) is 3.76. The first-order valence-electron chi connectivity index (χ1n) is 9.84. The Morgan fingerprint density at radius 3 is 2.93 bits per heavy atom. The van der Waals surface area contributed by atoms with Gasteiger partial charge in [-0.2, -0.15) is 5.10 Å². The first-order chi connectivity index (χ1) is 13.1. The van der Waals surface area contributed by atoms with Crippen LogP contribution in [-0.2, 0) is 23.3 Å². The molecule has 0 bridgehead atoms. The molecule has 6 nitrogen and oxygen atoms in total. The van der Waals surface area contributed by atoms with Crippen molar-refractivity contribution in [2.24, 2.45) is 0 Å². The summed E-state index contributed by atoms with van der Waals surface area (Å²) in [6, 6.07) is 4.16. The number of ether oxygens (including phenoxy) is 1. The minimum Gasteiger partial charge on any atom is -0.370 e. The minimum absolute atomic E-state index is 0.0341. The van der Waals surface area contributed by atoms with Crippen molar-refractivity contribution in [3.63, 3.8) is 0 Å². The Morgan fingerprint density at radius 2 is 2.19 bits per heavy atom. The average Bonchev–Trinajstić information content (AvgIpc) is 3.23. The first-order valence-corrected chi connectivity index (χ1v) is 10.7. The molecule has 2 N–H and O–H groups in total. The summed E-state index contributed by atoms with van der Waals surface area (Å²) in [7, 11) is 0. The second-order valence-corrected chi connectivity index (χ2v) is 8.69. The highest BCUT2D eigenvalue weighted by Gasteiger charge is 2.40. The van der Waals surface area contributed by atoms with Crippen LogP contribution in [0.1, 0.15) is 50.8 Å². The third-order valence-electron chi connectivity index (χ3n) is 5.58. The first kappa shape index (κ1) is 18.7. The molecule has 1 spiro atoms. The van der Waals surface area contributed by atoms with Crippen LogP contribution in [-0.4, -0.2) is 41.9 Å². The molecular weight excluding hydrogens is 360 g/mol. The van der Waals surface area contributed by atoms with E-state index in [1.807, 2.05) is 11.6 Å². The average molecular weight is 389 g/mol. The molecule has 2 aliphatic heterocycles. The van der Waals surface area contributed by atoms with Crippen molar-refractivity contribution < 1.29 is 9.53 Å². The zero-order chi connectivity index (χ0) is 18.9. The standard InChI is InChI=1S/C20H28N4O2S/c1-14-12-15(2)24(23-14)10-3-7-22-19(25)18-13-16-17(27-18)4-11-26-20(16)5-8-21-9-6-20/h12-13,21H,3-11H2,1-2H3,(H,22,25). The second kappa shape index (κ2) is 7.73. The molecule has 2 aromatic heterocycles. The number of carbonyl (C=O) groups excluding carboxylic acids is 1. The van der Waals surface area contributed by atoms with Crippen molar-refractivity contribution >= 4 is 17.2 Å². The van der Waals surface area contributed by atoms with Gasteiger partial charge < -0.3 is 15.4 Å². The van der Waals surface area contributed by atoms with Gasteiger partial charge in [0.1, 0.15) is 0 Å². The van der Waals surface area contributed by atoms with Crippen molar-refractivity contribution in [3.05, 3.63) is 38.8 Å². The van der Waals surface area contributed by atoms with Gasteiger partial charge in [-0.25, -0.2) is 0 Å². The van der Waals surface area contributed by atoms with Crippen LogP contribution in [0.4, 0.5) is 0 Å². The van der Waals surface area contributed by atoms with Crippen molar-refractivity contribution in [2.75, 3.05) is 26.2 Å². The highest BCUT2D eigenvalue weighted by Crippen LogP contribution is 2.43. The fourth-order valence-corrected chi connectivity index (χ4v) is 5.34. The summed E-state index contributed by atoms with van der Waals surface area (Å²) in [5.74, 6) is 0.0341. The normalized spacial score (nSPS) is 18.4. The summed E-state index contributed by atoms with van der Waals surface area (Å²) < 4.78 is 8.22. The van der Waals surface area contributed by atoms with E-state index in [2.05, 4.69) is 34.8 Å². The van der Waals surface area contributed by atoms with Crippen molar-refractivity contribution in [3.8, 4) is 0 Å². The van der Waals surface area contributed by atoms with Crippen LogP contribution in [0.25, 0.3) is 0 Å². The van der Waals surface area contributed by atoms with Gasteiger partial charge in [0.15, 0.2) is 0 Å². The number of thiophene rings is 1. The largest absolute Gasteiger partial charge is 0.370 e. The van der Waals surface area contributed by atoms with E-state index in [0.717, 1.165) is 68.2 Å². The topological polar surface area (TPSA) is 68.2 Å². The predicted molar refractivity (Wildman–Crippen MR) is 106 cm³/mol. The summed E-state index contributed by atoms with van der Waals surface area (Å²) in [6.45, 7) is 8.26. The molecule has 7 heteroatoms. The van der Waals surface area contributed by atoms with Crippen LogP contribution in [0.15, 0.2) is 12.1 Å². The smallest absolute Gasteiger partial charge is 0.261 e. The number of carbonyl (C=O) groups is 1. The van der Waals surface area contributed by atoms with E-state index in [-0.39, 0.29) is 11.5 Å². The lowest BCUT2D eigenvalue weighted by molar-refractivity contribution is -0.0792.